The maximum Gasteiger partial charge on any atom is 0.382 e. The Morgan fingerprint density at radius 1 is 1.62 bits per heavy atom. The van der Waals surface area contributed by atoms with Crippen molar-refractivity contribution >= 4 is 33.2 Å². The molecule has 0 spiro atoms. The van der Waals surface area contributed by atoms with Crippen LogP contribution in [0.15, 0.2) is 15.9 Å². The highest BCUT2D eigenvalue weighted by atomic mass is 79.9. The quantitative estimate of drug-likeness (QED) is 0.755. The summed E-state index contributed by atoms with van der Waals surface area (Å²) in [5.74, 6) is 2.83. The van der Waals surface area contributed by atoms with Crippen LogP contribution in [0.25, 0.3) is 0 Å². The normalized spacial score (nSPS) is 11.5. The van der Waals surface area contributed by atoms with Crippen molar-refractivity contribution in [3.63, 3.8) is 0 Å². The van der Waals surface area contributed by atoms with E-state index in [4.69, 9.17) is 5.11 Å². The Hall–Kier alpha value is -0.830. The minimum Gasteiger partial charge on any atom is -0.472 e. The molecule has 0 aromatic carbocycles. The molecule has 13 heavy (non-hydrogen) atoms. The van der Waals surface area contributed by atoms with Crippen LogP contribution in [0, 0.1) is 11.8 Å². The Labute approximate surface area is 87.1 Å². The maximum absolute atomic E-state index is 10.0. The molecule has 3 nitrogen and oxygen atoms in total. The molecule has 0 bridgehead atoms. The zero-order valence-corrected chi connectivity index (χ0v) is 8.72. The third kappa shape index (κ3) is 3.19. The van der Waals surface area contributed by atoms with E-state index in [2.05, 4.69) is 21.9 Å². The van der Waals surface area contributed by atoms with Gasteiger partial charge in [-0.1, -0.05) is 5.92 Å². The first-order valence-corrected chi connectivity index (χ1v) is 4.88. The number of aliphatic hydroxyl groups is 1. The first-order valence-electron chi connectivity index (χ1n) is 3.27. The molecule has 68 valence electrons. The third-order valence-corrected chi connectivity index (χ3v) is 2.86. The van der Waals surface area contributed by atoms with Crippen molar-refractivity contribution in [1.29, 1.82) is 0 Å². The molecule has 1 aromatic rings. The van der Waals surface area contributed by atoms with Gasteiger partial charge in [-0.3, -0.25) is 0 Å². The van der Waals surface area contributed by atoms with E-state index in [0.29, 0.717) is 4.88 Å². The Morgan fingerprint density at radius 3 is 2.77 bits per heavy atom. The summed E-state index contributed by atoms with van der Waals surface area (Å²) < 4.78 is 0.874. The van der Waals surface area contributed by atoms with Gasteiger partial charge in [0.05, 0.1) is 3.79 Å². The Kier molecular flexibility index (Phi) is 3.48. The highest BCUT2D eigenvalue weighted by Crippen LogP contribution is 2.26. The molecule has 5 heteroatoms. The molecule has 2 N–H and O–H groups in total. The summed E-state index contributed by atoms with van der Waals surface area (Å²) in [6, 6.07) is 3.46. The molecule has 1 heterocycles. The average molecular weight is 261 g/mol. The van der Waals surface area contributed by atoms with Crippen LogP contribution in [-0.4, -0.2) is 16.2 Å². The van der Waals surface area contributed by atoms with Gasteiger partial charge < -0.3 is 10.2 Å². The fraction of sp³-hybridized carbons (Fsp3) is 0.125. The smallest absolute Gasteiger partial charge is 0.382 e. The van der Waals surface area contributed by atoms with Crippen LogP contribution in [0.5, 0.6) is 0 Å². The van der Waals surface area contributed by atoms with Crippen LogP contribution < -0.4 is 0 Å². The second-order valence-corrected chi connectivity index (χ2v) is 4.61. The third-order valence-electron chi connectivity index (χ3n) is 1.18. The number of carboxylic acid groups (broad SMARTS) is 1. The summed E-state index contributed by atoms with van der Waals surface area (Å²) in [5, 5.41) is 17.6. The fourth-order valence-electron chi connectivity index (χ4n) is 0.676. The van der Waals surface area contributed by atoms with Crippen LogP contribution in [0.3, 0.4) is 0 Å². The van der Waals surface area contributed by atoms with Gasteiger partial charge in [-0.05, 0) is 28.1 Å². The van der Waals surface area contributed by atoms with Crippen molar-refractivity contribution < 1.29 is 15.0 Å². The lowest BCUT2D eigenvalue weighted by Crippen LogP contribution is -1.93. The van der Waals surface area contributed by atoms with Gasteiger partial charge in [-0.15, -0.1) is 11.3 Å². The highest BCUT2D eigenvalue weighted by molar-refractivity contribution is 9.11. The number of halogens is 1. The topological polar surface area (TPSA) is 57.5 Å². The van der Waals surface area contributed by atoms with Crippen molar-refractivity contribution in [1.82, 2.24) is 0 Å². The summed E-state index contributed by atoms with van der Waals surface area (Å²) in [4.78, 5) is 10.7. The summed E-state index contributed by atoms with van der Waals surface area (Å²) in [6.45, 7) is 0. The number of carbonyl (C=O) groups is 1. The zero-order valence-electron chi connectivity index (χ0n) is 6.32. The molecule has 0 radical (unpaired) electrons. The standard InChI is InChI=1S/C8H5BrO3S/c9-7-3-2-6(13-7)5(10)1-4-8(11)12/h2-3,5,10H,(H,11,12). The molecule has 0 saturated heterocycles. The van der Waals surface area contributed by atoms with E-state index in [1.54, 1.807) is 12.1 Å². The average Bonchev–Trinajstić information content (AvgIpc) is 2.47. The second-order valence-electron chi connectivity index (χ2n) is 2.12. The number of carboxylic acids is 1. The largest absolute Gasteiger partial charge is 0.472 e. The molecule has 0 aliphatic carbocycles. The molecule has 0 saturated carbocycles. The van der Waals surface area contributed by atoms with Gasteiger partial charge in [0.25, 0.3) is 0 Å². The predicted octanol–water partition coefficient (Wildman–Crippen LogP) is 1.63. The summed E-state index contributed by atoms with van der Waals surface area (Å²) in [5.41, 5.74) is 0. The summed E-state index contributed by atoms with van der Waals surface area (Å²) >= 11 is 4.54. The molecule has 1 aromatic heterocycles. The van der Waals surface area contributed by atoms with Crippen LogP contribution in [-0.2, 0) is 4.79 Å². The zero-order chi connectivity index (χ0) is 9.84. The van der Waals surface area contributed by atoms with E-state index in [1.807, 2.05) is 5.92 Å². The Balaban J connectivity index is 2.76. The number of aliphatic hydroxyl groups excluding tert-OH is 1. The SMILES string of the molecule is O=C(O)C#CC(O)c1ccc(Br)s1. The van der Waals surface area contributed by atoms with Crippen LogP contribution in [0.4, 0.5) is 0 Å². The molecule has 0 fully saturated rings. The molecule has 0 amide bonds. The van der Waals surface area contributed by atoms with Gasteiger partial charge in [-0.2, -0.15) is 0 Å². The van der Waals surface area contributed by atoms with Gasteiger partial charge in [0.1, 0.15) is 6.10 Å². The van der Waals surface area contributed by atoms with Crippen molar-refractivity contribution in [2.75, 3.05) is 0 Å². The van der Waals surface area contributed by atoms with Gasteiger partial charge >= 0.3 is 5.97 Å². The maximum atomic E-state index is 10.0. The number of hydrogen-bond donors (Lipinski definition) is 2. The minimum atomic E-state index is -1.24. The lowest BCUT2D eigenvalue weighted by molar-refractivity contribution is -0.130. The molecular weight excluding hydrogens is 256 g/mol. The first-order chi connectivity index (χ1) is 6.09. The van der Waals surface area contributed by atoms with E-state index in [1.165, 1.54) is 11.3 Å². The number of rotatable bonds is 1. The number of hydrogen-bond acceptors (Lipinski definition) is 3. The van der Waals surface area contributed by atoms with Crippen LogP contribution >= 0.6 is 27.3 Å². The molecular formula is C8H5BrO3S. The van der Waals surface area contributed by atoms with Gasteiger partial charge in [-0.25, -0.2) is 4.79 Å². The predicted molar refractivity (Wildman–Crippen MR) is 52.4 cm³/mol. The highest BCUT2D eigenvalue weighted by Gasteiger charge is 2.06. The fourth-order valence-corrected chi connectivity index (χ4v) is 2.04. The van der Waals surface area contributed by atoms with Crippen molar-refractivity contribution in [3.8, 4) is 11.8 Å². The molecule has 1 unspecified atom stereocenters. The van der Waals surface area contributed by atoms with Gasteiger partial charge in [0, 0.05) is 10.8 Å². The second kappa shape index (κ2) is 4.42. The van der Waals surface area contributed by atoms with Gasteiger partial charge in [0.15, 0.2) is 0 Å². The monoisotopic (exact) mass is 260 g/mol. The molecule has 1 atom stereocenters. The van der Waals surface area contributed by atoms with Crippen molar-refractivity contribution in [2.45, 2.75) is 6.10 Å². The van der Waals surface area contributed by atoms with E-state index in [0.717, 1.165) is 3.79 Å². The molecule has 0 aliphatic heterocycles. The van der Waals surface area contributed by atoms with E-state index in [-0.39, 0.29) is 0 Å². The van der Waals surface area contributed by atoms with Gasteiger partial charge in [0.2, 0.25) is 0 Å². The first kappa shape index (κ1) is 10.3. The Bertz CT molecular complexity index is 374. The lowest BCUT2D eigenvalue weighted by atomic mass is 10.3. The van der Waals surface area contributed by atoms with E-state index < -0.39 is 12.1 Å². The molecule has 1 rings (SSSR count). The molecule has 0 aliphatic rings. The van der Waals surface area contributed by atoms with E-state index in [9.17, 15) is 9.90 Å². The number of aliphatic carboxylic acids is 1. The van der Waals surface area contributed by atoms with Crippen molar-refractivity contribution in [3.05, 3.63) is 20.8 Å². The van der Waals surface area contributed by atoms with Crippen LogP contribution in [0.2, 0.25) is 0 Å². The van der Waals surface area contributed by atoms with Crippen molar-refractivity contribution in [2.24, 2.45) is 0 Å². The van der Waals surface area contributed by atoms with Crippen LogP contribution in [0.1, 0.15) is 11.0 Å². The summed E-state index contributed by atoms with van der Waals surface area (Å²) in [6.07, 6.45) is -1.02. The lowest BCUT2D eigenvalue weighted by Gasteiger charge is -1.95. The van der Waals surface area contributed by atoms with E-state index >= 15 is 0 Å². The number of thiophene rings is 1. The minimum absolute atomic E-state index is 0.626. The Morgan fingerprint density at radius 2 is 2.31 bits per heavy atom. The summed E-state index contributed by atoms with van der Waals surface area (Å²) in [7, 11) is 0.